The minimum Gasteiger partial charge on any atom is -0.324 e. The van der Waals surface area contributed by atoms with Gasteiger partial charge >= 0.3 is 0 Å². The largest absolute Gasteiger partial charge is 0.324 e. The van der Waals surface area contributed by atoms with E-state index in [4.69, 9.17) is 0 Å². The van der Waals surface area contributed by atoms with E-state index in [1.165, 1.54) is 0 Å². The van der Waals surface area contributed by atoms with Crippen LogP contribution < -0.4 is 5.32 Å². The Morgan fingerprint density at radius 1 is 1.05 bits per heavy atom. The van der Waals surface area contributed by atoms with Crippen molar-refractivity contribution in [1.29, 1.82) is 0 Å². The predicted molar refractivity (Wildman–Crippen MR) is 90.0 cm³/mol. The average molecular weight is 290 g/mol. The fourth-order valence-corrected chi connectivity index (χ4v) is 2.66. The lowest BCUT2D eigenvalue weighted by Gasteiger charge is -2.15. The molecule has 22 heavy (non-hydrogen) atoms. The molecule has 1 amide bonds. The van der Waals surface area contributed by atoms with Crippen molar-refractivity contribution < 1.29 is 4.79 Å². The Bertz CT molecular complexity index is 821. The molecule has 0 spiro atoms. The molecule has 0 aliphatic rings. The minimum atomic E-state index is -0.208. The van der Waals surface area contributed by atoms with Crippen LogP contribution in [0.5, 0.6) is 0 Å². The van der Waals surface area contributed by atoms with Crippen LogP contribution in [0.3, 0.4) is 0 Å². The van der Waals surface area contributed by atoms with Crippen LogP contribution in [-0.2, 0) is 4.79 Å². The number of nitrogens with one attached hydrogen (secondary N) is 1. The second-order valence-corrected chi connectivity index (χ2v) is 5.45. The first kappa shape index (κ1) is 14.3. The first-order chi connectivity index (χ1) is 10.7. The van der Waals surface area contributed by atoms with E-state index in [1.54, 1.807) is 6.20 Å². The molecule has 3 nitrogen and oxygen atoms in total. The quantitative estimate of drug-likeness (QED) is 0.782. The van der Waals surface area contributed by atoms with Gasteiger partial charge in [-0.05, 0) is 37.1 Å². The molecule has 3 heteroatoms. The summed E-state index contributed by atoms with van der Waals surface area (Å²) in [5, 5.41) is 4.03. The molecule has 0 aliphatic carbocycles. The van der Waals surface area contributed by atoms with Gasteiger partial charge in [-0.3, -0.25) is 9.78 Å². The molecule has 0 radical (unpaired) electrons. The van der Waals surface area contributed by atoms with Crippen molar-refractivity contribution in [2.75, 3.05) is 5.32 Å². The van der Waals surface area contributed by atoms with Gasteiger partial charge in [-0.1, -0.05) is 42.5 Å². The standard InChI is InChI=1S/C19H18N2O/c1-13-7-3-4-10-16(13)14(2)19(22)21-17-11-5-8-15-9-6-12-20-18(15)17/h3-12,14H,1-2H3,(H,21,22). The number of anilines is 1. The summed E-state index contributed by atoms with van der Waals surface area (Å²) in [7, 11) is 0. The fourth-order valence-electron chi connectivity index (χ4n) is 2.66. The van der Waals surface area contributed by atoms with Crippen molar-refractivity contribution in [1.82, 2.24) is 4.98 Å². The molecule has 1 aromatic heterocycles. The normalized spacial score (nSPS) is 12.1. The SMILES string of the molecule is Cc1ccccc1C(C)C(=O)Nc1cccc2cccnc12. The van der Waals surface area contributed by atoms with Crippen molar-refractivity contribution in [3.63, 3.8) is 0 Å². The average Bonchev–Trinajstić information content (AvgIpc) is 2.55. The van der Waals surface area contributed by atoms with Crippen molar-refractivity contribution >= 4 is 22.5 Å². The van der Waals surface area contributed by atoms with E-state index < -0.39 is 0 Å². The number of fused-ring (bicyclic) bond motifs is 1. The number of rotatable bonds is 3. The minimum absolute atomic E-state index is 0.0209. The van der Waals surface area contributed by atoms with E-state index in [0.717, 1.165) is 27.7 Å². The van der Waals surface area contributed by atoms with Gasteiger partial charge in [-0.2, -0.15) is 0 Å². The Hall–Kier alpha value is -2.68. The van der Waals surface area contributed by atoms with Crippen LogP contribution in [0.4, 0.5) is 5.69 Å². The van der Waals surface area contributed by atoms with E-state index in [0.29, 0.717) is 0 Å². The third kappa shape index (κ3) is 2.70. The van der Waals surface area contributed by atoms with Crippen LogP contribution in [0.15, 0.2) is 60.8 Å². The molecule has 3 aromatic rings. The van der Waals surface area contributed by atoms with E-state index in [2.05, 4.69) is 10.3 Å². The van der Waals surface area contributed by atoms with Crippen molar-refractivity contribution in [2.45, 2.75) is 19.8 Å². The van der Waals surface area contributed by atoms with Gasteiger partial charge in [0.05, 0.1) is 17.1 Å². The first-order valence-electron chi connectivity index (χ1n) is 7.37. The van der Waals surface area contributed by atoms with Crippen LogP contribution in [0.25, 0.3) is 10.9 Å². The highest BCUT2D eigenvalue weighted by Crippen LogP contribution is 2.24. The molecule has 110 valence electrons. The summed E-state index contributed by atoms with van der Waals surface area (Å²) in [5.74, 6) is -0.229. The summed E-state index contributed by atoms with van der Waals surface area (Å²) >= 11 is 0. The topological polar surface area (TPSA) is 42.0 Å². The Morgan fingerprint density at radius 3 is 2.64 bits per heavy atom. The van der Waals surface area contributed by atoms with Gasteiger partial charge in [0.2, 0.25) is 5.91 Å². The second-order valence-electron chi connectivity index (χ2n) is 5.45. The summed E-state index contributed by atoms with van der Waals surface area (Å²) in [5.41, 5.74) is 3.74. The fraction of sp³-hybridized carbons (Fsp3) is 0.158. The summed E-state index contributed by atoms with van der Waals surface area (Å²) in [6.07, 6.45) is 1.74. The maximum Gasteiger partial charge on any atom is 0.231 e. The van der Waals surface area contributed by atoms with Crippen molar-refractivity contribution in [3.05, 3.63) is 71.9 Å². The van der Waals surface area contributed by atoms with Gasteiger partial charge < -0.3 is 5.32 Å². The monoisotopic (exact) mass is 290 g/mol. The number of hydrogen-bond acceptors (Lipinski definition) is 2. The number of pyridine rings is 1. The van der Waals surface area contributed by atoms with Crippen LogP contribution in [0.2, 0.25) is 0 Å². The van der Waals surface area contributed by atoms with Gasteiger partial charge in [0.25, 0.3) is 0 Å². The highest BCUT2D eigenvalue weighted by Gasteiger charge is 2.17. The van der Waals surface area contributed by atoms with E-state index >= 15 is 0 Å². The zero-order valence-corrected chi connectivity index (χ0v) is 12.7. The number of nitrogens with zero attached hydrogens (tertiary/aromatic N) is 1. The zero-order chi connectivity index (χ0) is 15.5. The van der Waals surface area contributed by atoms with Crippen LogP contribution >= 0.6 is 0 Å². The maximum absolute atomic E-state index is 12.6. The van der Waals surface area contributed by atoms with Gasteiger partial charge in [-0.15, -0.1) is 0 Å². The number of para-hydroxylation sites is 1. The summed E-state index contributed by atoms with van der Waals surface area (Å²) < 4.78 is 0. The molecule has 2 aromatic carbocycles. The molecular formula is C19H18N2O. The zero-order valence-electron chi connectivity index (χ0n) is 12.7. The molecule has 0 aliphatic heterocycles. The lowest BCUT2D eigenvalue weighted by atomic mass is 9.95. The highest BCUT2D eigenvalue weighted by molar-refractivity contribution is 6.02. The Morgan fingerprint density at radius 2 is 1.82 bits per heavy atom. The smallest absolute Gasteiger partial charge is 0.231 e. The number of amides is 1. The molecule has 0 bridgehead atoms. The van der Waals surface area contributed by atoms with Gasteiger partial charge in [0, 0.05) is 11.6 Å². The van der Waals surface area contributed by atoms with Crippen molar-refractivity contribution in [2.24, 2.45) is 0 Å². The lowest BCUT2D eigenvalue weighted by molar-refractivity contribution is -0.117. The molecule has 0 saturated carbocycles. The first-order valence-corrected chi connectivity index (χ1v) is 7.37. The third-order valence-corrected chi connectivity index (χ3v) is 3.94. The number of aryl methyl sites for hydroxylation is 1. The van der Waals surface area contributed by atoms with Crippen LogP contribution in [-0.4, -0.2) is 10.9 Å². The maximum atomic E-state index is 12.6. The predicted octanol–water partition coefficient (Wildman–Crippen LogP) is 4.29. The number of aromatic nitrogens is 1. The molecule has 1 heterocycles. The van der Waals surface area contributed by atoms with Gasteiger partial charge in [-0.25, -0.2) is 0 Å². The van der Waals surface area contributed by atoms with E-state index in [9.17, 15) is 4.79 Å². The van der Waals surface area contributed by atoms with Gasteiger partial charge in [0.1, 0.15) is 0 Å². The number of benzene rings is 2. The molecule has 1 atom stereocenters. The third-order valence-electron chi connectivity index (χ3n) is 3.94. The molecule has 0 saturated heterocycles. The van der Waals surface area contributed by atoms with Crippen molar-refractivity contribution in [3.8, 4) is 0 Å². The molecule has 1 N–H and O–H groups in total. The number of carbonyl (C=O) groups is 1. The molecule has 0 fully saturated rings. The number of hydrogen-bond donors (Lipinski definition) is 1. The summed E-state index contributed by atoms with van der Waals surface area (Å²) in [6.45, 7) is 3.95. The second kappa shape index (κ2) is 5.98. The van der Waals surface area contributed by atoms with E-state index in [1.807, 2.05) is 68.4 Å². The molecular weight excluding hydrogens is 272 g/mol. The van der Waals surface area contributed by atoms with Crippen LogP contribution in [0, 0.1) is 6.92 Å². The summed E-state index contributed by atoms with van der Waals surface area (Å²) in [6, 6.07) is 17.7. The molecule has 1 unspecified atom stereocenters. The van der Waals surface area contributed by atoms with Crippen LogP contribution in [0.1, 0.15) is 24.0 Å². The van der Waals surface area contributed by atoms with Gasteiger partial charge in [0.15, 0.2) is 0 Å². The lowest BCUT2D eigenvalue weighted by Crippen LogP contribution is -2.19. The Kier molecular flexibility index (Phi) is 3.88. The Balaban J connectivity index is 1.89. The highest BCUT2D eigenvalue weighted by atomic mass is 16.1. The summed E-state index contributed by atoms with van der Waals surface area (Å²) in [4.78, 5) is 16.9. The Labute approximate surface area is 130 Å². The number of carbonyl (C=O) groups excluding carboxylic acids is 1. The van der Waals surface area contributed by atoms with E-state index in [-0.39, 0.29) is 11.8 Å². The molecule has 3 rings (SSSR count).